The summed E-state index contributed by atoms with van der Waals surface area (Å²) >= 11 is 6.89. The molecule has 0 spiro atoms. The van der Waals surface area contributed by atoms with Crippen LogP contribution in [0.25, 0.3) is 0 Å². The maximum atomic E-state index is 5.73. The maximum Gasteiger partial charge on any atom is 0.164 e. The van der Waals surface area contributed by atoms with Gasteiger partial charge in [-0.05, 0) is 0 Å². The Labute approximate surface area is 83.5 Å². The predicted molar refractivity (Wildman–Crippen MR) is 50.7 cm³/mol. The molecule has 68 valence electrons. The number of anilines is 1. The lowest BCUT2D eigenvalue weighted by atomic mass is 10.5. The molecule has 0 aliphatic heterocycles. The molecular formula is C6H6ClN5S. The van der Waals surface area contributed by atoms with E-state index in [-0.39, 0.29) is 0 Å². The van der Waals surface area contributed by atoms with Crippen LogP contribution in [0, 0.1) is 0 Å². The van der Waals surface area contributed by atoms with Crippen LogP contribution in [0.2, 0.25) is 5.02 Å². The van der Waals surface area contributed by atoms with Gasteiger partial charge in [0, 0.05) is 6.20 Å². The highest BCUT2D eigenvalue weighted by atomic mass is 35.5. The van der Waals surface area contributed by atoms with E-state index in [2.05, 4.69) is 13.8 Å². The van der Waals surface area contributed by atoms with Crippen LogP contribution in [0.3, 0.4) is 0 Å². The number of rotatable bonds is 2. The van der Waals surface area contributed by atoms with Crippen LogP contribution in [0.1, 0.15) is 5.69 Å². The summed E-state index contributed by atoms with van der Waals surface area (Å²) in [6.07, 6.45) is 3.35. The molecule has 0 saturated carbocycles. The summed E-state index contributed by atoms with van der Waals surface area (Å²) in [4.78, 5) is 0. The Morgan fingerprint density at radius 3 is 3.00 bits per heavy atom. The van der Waals surface area contributed by atoms with Crippen molar-refractivity contribution < 1.29 is 0 Å². The van der Waals surface area contributed by atoms with E-state index < -0.39 is 0 Å². The molecule has 0 aromatic carbocycles. The molecule has 0 fully saturated rings. The Kier molecular flexibility index (Phi) is 2.15. The first-order valence-corrected chi connectivity index (χ1v) is 4.61. The van der Waals surface area contributed by atoms with Crippen molar-refractivity contribution in [3.8, 4) is 0 Å². The fourth-order valence-corrected chi connectivity index (χ4v) is 1.49. The lowest BCUT2D eigenvalue weighted by Crippen LogP contribution is -2.00. The van der Waals surface area contributed by atoms with Crippen LogP contribution in [0.15, 0.2) is 12.4 Å². The summed E-state index contributed by atoms with van der Waals surface area (Å²) in [6, 6.07) is 0. The lowest BCUT2D eigenvalue weighted by Gasteiger charge is -1.94. The molecular weight excluding hydrogens is 210 g/mol. The Morgan fingerprint density at radius 2 is 2.46 bits per heavy atom. The smallest absolute Gasteiger partial charge is 0.164 e. The van der Waals surface area contributed by atoms with Crippen molar-refractivity contribution in [1.29, 1.82) is 0 Å². The molecule has 0 aliphatic carbocycles. The van der Waals surface area contributed by atoms with Crippen LogP contribution >= 0.6 is 23.3 Å². The van der Waals surface area contributed by atoms with E-state index in [4.69, 9.17) is 17.3 Å². The van der Waals surface area contributed by atoms with Gasteiger partial charge < -0.3 is 5.73 Å². The first-order chi connectivity index (χ1) is 6.25. The Morgan fingerprint density at radius 1 is 1.62 bits per heavy atom. The van der Waals surface area contributed by atoms with Crippen molar-refractivity contribution in [2.24, 2.45) is 0 Å². The van der Waals surface area contributed by atoms with Crippen LogP contribution < -0.4 is 5.73 Å². The lowest BCUT2D eigenvalue weighted by molar-refractivity contribution is 0.680. The fourth-order valence-electron chi connectivity index (χ4n) is 0.913. The highest BCUT2D eigenvalue weighted by molar-refractivity contribution is 6.99. The summed E-state index contributed by atoms with van der Waals surface area (Å²) in [6.45, 7) is 0.549. The summed E-state index contributed by atoms with van der Waals surface area (Å²) in [5.41, 5.74) is 6.32. The zero-order chi connectivity index (χ0) is 9.26. The average molecular weight is 216 g/mol. The van der Waals surface area contributed by atoms with E-state index >= 15 is 0 Å². The third-order valence-electron chi connectivity index (χ3n) is 1.47. The van der Waals surface area contributed by atoms with E-state index in [9.17, 15) is 0 Å². The van der Waals surface area contributed by atoms with Gasteiger partial charge in [0.2, 0.25) is 0 Å². The minimum atomic E-state index is 0.338. The Hall–Kier alpha value is -1.14. The third kappa shape index (κ3) is 1.78. The van der Waals surface area contributed by atoms with Gasteiger partial charge in [0.1, 0.15) is 5.02 Å². The van der Waals surface area contributed by atoms with Crippen molar-refractivity contribution in [2.75, 3.05) is 5.73 Å². The van der Waals surface area contributed by atoms with Crippen LogP contribution in [0.5, 0.6) is 0 Å². The maximum absolute atomic E-state index is 5.73. The Balaban J connectivity index is 2.19. The largest absolute Gasteiger partial charge is 0.381 e. The molecule has 2 aromatic heterocycles. The zero-order valence-electron chi connectivity index (χ0n) is 6.51. The van der Waals surface area contributed by atoms with E-state index in [1.165, 1.54) is 0 Å². The number of aromatic nitrogens is 4. The van der Waals surface area contributed by atoms with Gasteiger partial charge in [-0.3, -0.25) is 4.68 Å². The molecule has 2 heterocycles. The molecule has 5 nitrogen and oxygen atoms in total. The standard InChI is InChI=1S/C6H6ClN5S/c7-5-3-12(10-6(5)8)2-4-1-9-13-11-4/h1,3H,2H2,(H2,8,10). The van der Waals surface area contributed by atoms with E-state index in [1.54, 1.807) is 17.1 Å². The summed E-state index contributed by atoms with van der Waals surface area (Å²) < 4.78 is 9.54. The normalized spacial score (nSPS) is 10.5. The molecule has 0 saturated heterocycles. The van der Waals surface area contributed by atoms with Crippen LogP contribution in [0.4, 0.5) is 5.82 Å². The summed E-state index contributed by atoms with van der Waals surface area (Å²) in [7, 11) is 0. The second-order valence-electron chi connectivity index (χ2n) is 2.46. The Bertz CT molecular complexity index is 376. The summed E-state index contributed by atoms with van der Waals surface area (Å²) in [5.74, 6) is 0.338. The van der Waals surface area contributed by atoms with Crippen LogP contribution in [-0.2, 0) is 6.54 Å². The van der Waals surface area contributed by atoms with Crippen molar-refractivity contribution in [3.63, 3.8) is 0 Å². The van der Waals surface area contributed by atoms with E-state index in [1.807, 2.05) is 0 Å². The number of nitrogens with zero attached hydrogens (tertiary/aromatic N) is 4. The summed E-state index contributed by atoms with van der Waals surface area (Å²) in [5, 5.41) is 4.45. The van der Waals surface area contributed by atoms with Gasteiger partial charge in [0.25, 0.3) is 0 Å². The van der Waals surface area contributed by atoms with Gasteiger partial charge >= 0.3 is 0 Å². The van der Waals surface area contributed by atoms with Gasteiger partial charge in [-0.15, -0.1) is 0 Å². The van der Waals surface area contributed by atoms with Gasteiger partial charge in [-0.1, -0.05) is 11.6 Å². The number of halogens is 1. The molecule has 0 atom stereocenters. The quantitative estimate of drug-likeness (QED) is 0.812. The number of nitrogens with two attached hydrogens (primary N) is 1. The zero-order valence-corrected chi connectivity index (χ0v) is 8.09. The van der Waals surface area contributed by atoms with E-state index in [0.717, 1.165) is 17.4 Å². The SMILES string of the molecule is Nc1nn(Cc2cnsn2)cc1Cl. The predicted octanol–water partition coefficient (Wildman–Crippen LogP) is 1.02. The van der Waals surface area contributed by atoms with Crippen molar-refractivity contribution >= 4 is 29.1 Å². The molecule has 7 heteroatoms. The highest BCUT2D eigenvalue weighted by Gasteiger charge is 2.04. The molecule has 2 N–H and O–H groups in total. The number of hydrogen-bond acceptors (Lipinski definition) is 5. The van der Waals surface area contributed by atoms with Gasteiger partial charge in [-0.25, -0.2) is 0 Å². The molecule has 0 aliphatic rings. The third-order valence-corrected chi connectivity index (χ3v) is 2.28. The monoisotopic (exact) mass is 215 g/mol. The molecule has 2 rings (SSSR count). The van der Waals surface area contributed by atoms with Crippen molar-refractivity contribution in [3.05, 3.63) is 23.1 Å². The van der Waals surface area contributed by atoms with E-state index in [0.29, 0.717) is 17.4 Å². The first-order valence-electron chi connectivity index (χ1n) is 3.50. The molecule has 2 aromatic rings. The van der Waals surface area contributed by atoms with Crippen molar-refractivity contribution in [2.45, 2.75) is 6.54 Å². The van der Waals surface area contributed by atoms with Gasteiger partial charge in [0.05, 0.1) is 30.2 Å². The fraction of sp³-hybridized carbons (Fsp3) is 0.167. The van der Waals surface area contributed by atoms with Crippen LogP contribution in [-0.4, -0.2) is 18.5 Å². The number of hydrogen-bond donors (Lipinski definition) is 1. The molecule has 0 bridgehead atoms. The second kappa shape index (κ2) is 3.31. The van der Waals surface area contributed by atoms with Gasteiger partial charge in [-0.2, -0.15) is 13.8 Å². The minimum absolute atomic E-state index is 0.338. The molecule has 0 radical (unpaired) electrons. The molecule has 0 unspecified atom stereocenters. The molecule has 13 heavy (non-hydrogen) atoms. The van der Waals surface area contributed by atoms with Gasteiger partial charge in [0.15, 0.2) is 5.82 Å². The highest BCUT2D eigenvalue weighted by Crippen LogP contribution is 2.15. The topological polar surface area (TPSA) is 69.6 Å². The first kappa shape index (κ1) is 8.46. The van der Waals surface area contributed by atoms with Crippen molar-refractivity contribution in [1.82, 2.24) is 18.5 Å². The second-order valence-corrected chi connectivity index (χ2v) is 3.42. The molecule has 0 amide bonds. The average Bonchev–Trinajstić information content (AvgIpc) is 2.64. The minimum Gasteiger partial charge on any atom is -0.381 e. The number of nitrogen functional groups attached to an aromatic ring is 1.